The molecule has 0 atom stereocenters. The van der Waals surface area contributed by atoms with Crippen LogP contribution in [-0.2, 0) is 0 Å². The highest BCUT2D eigenvalue weighted by atomic mass is 16.2. The van der Waals surface area contributed by atoms with Crippen molar-refractivity contribution in [1.82, 2.24) is 9.88 Å². The van der Waals surface area contributed by atoms with Crippen molar-refractivity contribution in [1.29, 1.82) is 0 Å². The molecule has 2 heterocycles. The second-order valence-electron chi connectivity index (χ2n) is 5.99. The van der Waals surface area contributed by atoms with Crippen molar-refractivity contribution in [3.05, 3.63) is 84.1 Å². The molecule has 0 unspecified atom stereocenters. The van der Waals surface area contributed by atoms with E-state index in [0.717, 1.165) is 23.9 Å². The van der Waals surface area contributed by atoms with Gasteiger partial charge in [0.05, 0.1) is 5.52 Å². The molecule has 0 saturated carbocycles. The van der Waals surface area contributed by atoms with Crippen molar-refractivity contribution in [3.8, 4) is 0 Å². The second-order valence-corrected chi connectivity index (χ2v) is 5.99. The van der Waals surface area contributed by atoms with E-state index in [1.807, 2.05) is 59.5 Å². The highest BCUT2D eigenvalue weighted by molar-refractivity contribution is 5.95. The summed E-state index contributed by atoms with van der Waals surface area (Å²) < 4.78 is 0. The molecule has 0 N–H and O–H groups in total. The van der Waals surface area contributed by atoms with Crippen LogP contribution < -0.4 is 0 Å². The number of para-hydroxylation sites is 1. The van der Waals surface area contributed by atoms with Gasteiger partial charge in [-0.1, -0.05) is 60.7 Å². The van der Waals surface area contributed by atoms with Gasteiger partial charge in [0, 0.05) is 18.5 Å². The summed E-state index contributed by atoms with van der Waals surface area (Å²) in [5.74, 6) is 0.00381. The maximum absolute atomic E-state index is 12.7. The molecule has 3 aromatic rings. The molecule has 2 aromatic carbocycles. The number of carbonyl (C=O) groups excluding carboxylic acids is 1. The maximum atomic E-state index is 12.7. The minimum atomic E-state index is 0.00381. The van der Waals surface area contributed by atoms with Gasteiger partial charge in [0.15, 0.2) is 0 Å². The fourth-order valence-corrected chi connectivity index (χ4v) is 3.12. The lowest BCUT2D eigenvalue weighted by atomic mass is 9.99. The summed E-state index contributed by atoms with van der Waals surface area (Å²) in [6.45, 7) is 1.37. The topological polar surface area (TPSA) is 33.2 Å². The van der Waals surface area contributed by atoms with Crippen molar-refractivity contribution in [2.45, 2.75) is 6.42 Å². The number of rotatable bonds is 2. The summed E-state index contributed by atoms with van der Waals surface area (Å²) in [5.41, 5.74) is 3.94. The van der Waals surface area contributed by atoms with Crippen LogP contribution in [0.15, 0.2) is 72.8 Å². The molecule has 0 aliphatic carbocycles. The van der Waals surface area contributed by atoms with Crippen molar-refractivity contribution in [2.24, 2.45) is 0 Å². The summed E-state index contributed by atoms with van der Waals surface area (Å²) in [7, 11) is 0. The van der Waals surface area contributed by atoms with Crippen molar-refractivity contribution in [2.75, 3.05) is 13.1 Å². The van der Waals surface area contributed by atoms with Crippen LogP contribution in [0.1, 0.15) is 22.5 Å². The second kappa shape index (κ2) is 6.28. The summed E-state index contributed by atoms with van der Waals surface area (Å²) >= 11 is 0. The van der Waals surface area contributed by atoms with Gasteiger partial charge in [0.25, 0.3) is 5.91 Å². The zero-order chi connectivity index (χ0) is 16.4. The van der Waals surface area contributed by atoms with Crippen LogP contribution in [-0.4, -0.2) is 28.9 Å². The number of aromatic nitrogens is 1. The van der Waals surface area contributed by atoms with Crippen LogP contribution in [0.5, 0.6) is 0 Å². The predicted molar refractivity (Wildman–Crippen MR) is 96.7 cm³/mol. The Hall–Kier alpha value is -2.94. The molecule has 0 bridgehead atoms. The molecule has 1 amide bonds. The van der Waals surface area contributed by atoms with Gasteiger partial charge in [0.1, 0.15) is 5.69 Å². The Morgan fingerprint density at radius 2 is 1.71 bits per heavy atom. The third-order valence-corrected chi connectivity index (χ3v) is 4.46. The number of nitrogens with zero attached hydrogens (tertiary/aromatic N) is 2. The van der Waals surface area contributed by atoms with Crippen LogP contribution in [0.2, 0.25) is 0 Å². The van der Waals surface area contributed by atoms with Gasteiger partial charge in [-0.15, -0.1) is 0 Å². The Labute approximate surface area is 141 Å². The van der Waals surface area contributed by atoms with Crippen molar-refractivity contribution < 1.29 is 4.79 Å². The zero-order valence-corrected chi connectivity index (χ0v) is 13.4. The number of amides is 1. The van der Waals surface area contributed by atoms with Crippen molar-refractivity contribution >= 4 is 22.4 Å². The fourth-order valence-electron chi connectivity index (χ4n) is 3.12. The normalized spacial score (nSPS) is 14.5. The molecule has 118 valence electrons. The average Bonchev–Trinajstić information content (AvgIpc) is 2.68. The van der Waals surface area contributed by atoms with E-state index in [0.29, 0.717) is 12.2 Å². The third kappa shape index (κ3) is 2.81. The standard InChI is InChI=1S/C21H18N2O/c24-21(20-11-10-18-8-4-5-9-19(18)22-20)23-14-12-17(13-15-23)16-6-2-1-3-7-16/h1-12H,13-15H2. The first kappa shape index (κ1) is 14.6. The number of pyridine rings is 1. The first-order valence-electron chi connectivity index (χ1n) is 8.21. The van der Waals surface area contributed by atoms with E-state index in [-0.39, 0.29) is 5.91 Å². The van der Waals surface area contributed by atoms with Crippen molar-refractivity contribution in [3.63, 3.8) is 0 Å². The molecule has 0 saturated heterocycles. The number of carbonyl (C=O) groups is 1. The van der Waals surface area contributed by atoms with E-state index in [4.69, 9.17) is 0 Å². The molecule has 0 fully saturated rings. The first-order chi connectivity index (χ1) is 11.8. The quantitative estimate of drug-likeness (QED) is 0.711. The molecule has 1 aliphatic rings. The summed E-state index contributed by atoms with van der Waals surface area (Å²) in [4.78, 5) is 19.1. The number of hydrogen-bond donors (Lipinski definition) is 0. The van der Waals surface area contributed by atoms with Gasteiger partial charge in [-0.2, -0.15) is 0 Å². The van der Waals surface area contributed by atoms with Gasteiger partial charge in [-0.3, -0.25) is 4.79 Å². The first-order valence-corrected chi connectivity index (χ1v) is 8.21. The largest absolute Gasteiger partial charge is 0.333 e. The molecule has 24 heavy (non-hydrogen) atoms. The lowest BCUT2D eigenvalue weighted by Crippen LogP contribution is -2.35. The van der Waals surface area contributed by atoms with Crippen LogP contribution in [0.3, 0.4) is 0 Å². The minimum Gasteiger partial charge on any atom is -0.333 e. The Kier molecular flexibility index (Phi) is 3.83. The number of fused-ring (bicyclic) bond motifs is 1. The Balaban J connectivity index is 1.54. The predicted octanol–water partition coefficient (Wildman–Crippen LogP) is 4.16. The van der Waals surface area contributed by atoms with Crippen LogP contribution in [0, 0.1) is 0 Å². The van der Waals surface area contributed by atoms with Gasteiger partial charge < -0.3 is 4.90 Å². The molecule has 3 nitrogen and oxygen atoms in total. The molecular formula is C21H18N2O. The summed E-state index contributed by atoms with van der Waals surface area (Å²) in [5, 5.41) is 1.05. The van der Waals surface area contributed by atoms with Crippen LogP contribution in [0.25, 0.3) is 16.5 Å². The number of benzene rings is 2. The van der Waals surface area contributed by atoms with E-state index in [2.05, 4.69) is 23.2 Å². The van der Waals surface area contributed by atoms with E-state index in [1.165, 1.54) is 11.1 Å². The Bertz CT molecular complexity index is 915. The average molecular weight is 314 g/mol. The van der Waals surface area contributed by atoms with E-state index < -0.39 is 0 Å². The summed E-state index contributed by atoms with van der Waals surface area (Å²) in [6.07, 6.45) is 3.03. The van der Waals surface area contributed by atoms with E-state index in [1.54, 1.807) is 0 Å². The maximum Gasteiger partial charge on any atom is 0.272 e. The smallest absolute Gasteiger partial charge is 0.272 e. The molecule has 3 heteroatoms. The van der Waals surface area contributed by atoms with E-state index >= 15 is 0 Å². The molecule has 0 radical (unpaired) electrons. The van der Waals surface area contributed by atoms with Gasteiger partial charge >= 0.3 is 0 Å². The summed E-state index contributed by atoms with van der Waals surface area (Å²) in [6, 6.07) is 22.0. The zero-order valence-electron chi connectivity index (χ0n) is 13.4. The highest BCUT2D eigenvalue weighted by Gasteiger charge is 2.20. The lowest BCUT2D eigenvalue weighted by Gasteiger charge is -2.26. The SMILES string of the molecule is O=C(c1ccc2ccccc2n1)N1CC=C(c2ccccc2)CC1. The van der Waals surface area contributed by atoms with Gasteiger partial charge in [-0.05, 0) is 29.7 Å². The lowest BCUT2D eigenvalue weighted by molar-refractivity contribution is 0.0767. The van der Waals surface area contributed by atoms with E-state index in [9.17, 15) is 4.79 Å². The molecule has 1 aromatic heterocycles. The third-order valence-electron chi connectivity index (χ3n) is 4.46. The molecule has 4 rings (SSSR count). The monoisotopic (exact) mass is 314 g/mol. The fraction of sp³-hybridized carbons (Fsp3) is 0.143. The molecule has 0 spiro atoms. The molecule has 1 aliphatic heterocycles. The number of hydrogen-bond acceptors (Lipinski definition) is 2. The minimum absolute atomic E-state index is 0.00381. The van der Waals surface area contributed by atoms with Crippen LogP contribution in [0.4, 0.5) is 0 Å². The van der Waals surface area contributed by atoms with Gasteiger partial charge in [0.2, 0.25) is 0 Å². The Morgan fingerprint density at radius 1 is 0.917 bits per heavy atom. The Morgan fingerprint density at radius 3 is 2.50 bits per heavy atom. The molecular weight excluding hydrogens is 296 g/mol. The van der Waals surface area contributed by atoms with Crippen LogP contribution >= 0.6 is 0 Å². The highest BCUT2D eigenvalue weighted by Crippen LogP contribution is 2.23. The van der Waals surface area contributed by atoms with Gasteiger partial charge in [-0.25, -0.2) is 4.98 Å².